The lowest BCUT2D eigenvalue weighted by atomic mass is 9.73. The minimum absolute atomic E-state index is 0.153. The predicted molar refractivity (Wildman–Crippen MR) is 135 cm³/mol. The third-order valence-corrected chi connectivity index (χ3v) is 15.6. The van der Waals surface area contributed by atoms with E-state index in [-0.39, 0.29) is 5.41 Å². The van der Waals surface area contributed by atoms with Crippen LogP contribution in [0.3, 0.4) is 0 Å². The van der Waals surface area contributed by atoms with Crippen molar-refractivity contribution in [2.45, 2.75) is 70.0 Å². The van der Waals surface area contributed by atoms with E-state index in [1.54, 1.807) is 64.0 Å². The second-order valence-corrected chi connectivity index (χ2v) is 17.6. The Bertz CT molecular complexity index is 398. The van der Waals surface area contributed by atoms with Crippen molar-refractivity contribution in [1.82, 2.24) is 0 Å². The number of rotatable bonds is 22. The van der Waals surface area contributed by atoms with Crippen LogP contribution in [0.4, 0.5) is 0 Å². The third-order valence-electron chi connectivity index (χ3n) is 7.12. The smallest absolute Gasteiger partial charge is 0.377 e. The zero-order valence-corrected chi connectivity index (χ0v) is 25.7. The van der Waals surface area contributed by atoms with Crippen LogP contribution in [0, 0.1) is 5.41 Å². The van der Waals surface area contributed by atoms with E-state index in [0.29, 0.717) is 0 Å². The number of hydrogen-bond donors (Lipinski definition) is 0. The van der Waals surface area contributed by atoms with Crippen molar-refractivity contribution in [3.63, 3.8) is 0 Å². The van der Waals surface area contributed by atoms with Gasteiger partial charge in [-0.1, -0.05) is 13.3 Å². The lowest BCUT2D eigenvalue weighted by Gasteiger charge is -2.36. The van der Waals surface area contributed by atoms with Crippen LogP contribution in [-0.2, 0) is 39.8 Å². The van der Waals surface area contributed by atoms with Crippen LogP contribution in [0.1, 0.15) is 51.9 Å². The molecule has 200 valence electrons. The molecule has 0 saturated heterocycles. The summed E-state index contributed by atoms with van der Waals surface area (Å²) in [6.07, 6.45) is 7.14. The first-order valence-electron chi connectivity index (χ1n) is 11.7. The molecule has 0 N–H and O–H groups in total. The highest BCUT2D eigenvalue weighted by Crippen LogP contribution is 2.42. The fourth-order valence-corrected chi connectivity index (χ4v) is 9.78. The van der Waals surface area contributed by atoms with Gasteiger partial charge in [-0.2, -0.15) is 0 Å². The molecular weight excluding hydrogens is 480 g/mol. The molecule has 0 heterocycles. The van der Waals surface area contributed by atoms with Crippen LogP contribution in [0.25, 0.3) is 0 Å². The maximum absolute atomic E-state index is 5.63. The van der Waals surface area contributed by atoms with Gasteiger partial charge < -0.3 is 39.8 Å². The van der Waals surface area contributed by atoms with Gasteiger partial charge in [0, 0.05) is 82.1 Å². The zero-order chi connectivity index (χ0) is 25.4. The molecule has 33 heavy (non-hydrogen) atoms. The van der Waals surface area contributed by atoms with Gasteiger partial charge in [0.15, 0.2) is 0 Å². The summed E-state index contributed by atoms with van der Waals surface area (Å²) in [6.45, 7) is 2.27. The van der Waals surface area contributed by atoms with Gasteiger partial charge >= 0.3 is 26.4 Å². The molecule has 0 fully saturated rings. The average molecular weight is 531 g/mol. The maximum Gasteiger partial charge on any atom is 0.500 e. The molecule has 0 radical (unpaired) electrons. The van der Waals surface area contributed by atoms with Gasteiger partial charge in [0.2, 0.25) is 0 Å². The molecule has 9 nitrogen and oxygen atoms in total. The second-order valence-electron chi connectivity index (χ2n) is 8.30. The lowest BCUT2D eigenvalue weighted by molar-refractivity contribution is 0.112. The molecule has 0 aromatic rings. The molecular formula is C21H50O9Si3. The van der Waals surface area contributed by atoms with Gasteiger partial charge in [0.25, 0.3) is 0 Å². The van der Waals surface area contributed by atoms with E-state index < -0.39 is 26.4 Å². The Labute approximate surface area is 205 Å². The molecule has 0 aromatic carbocycles. The molecule has 0 amide bonds. The van der Waals surface area contributed by atoms with E-state index in [1.807, 2.05) is 0 Å². The van der Waals surface area contributed by atoms with Crippen molar-refractivity contribution in [3.8, 4) is 0 Å². The number of hydrogen-bond acceptors (Lipinski definition) is 9. The van der Waals surface area contributed by atoms with E-state index in [4.69, 9.17) is 39.8 Å². The van der Waals surface area contributed by atoms with E-state index in [0.717, 1.165) is 63.1 Å². The Balaban J connectivity index is 5.38. The van der Waals surface area contributed by atoms with E-state index in [9.17, 15) is 0 Å². The van der Waals surface area contributed by atoms with Gasteiger partial charge in [-0.3, -0.25) is 0 Å². The first-order valence-corrected chi connectivity index (χ1v) is 17.5. The SMILES string of the molecule is CCC(CCC[Si](OC)(OC)OC)(CCC[Si](OC)(OC)OC)CCC[Si](OC)(OC)OC. The van der Waals surface area contributed by atoms with Crippen LogP contribution in [0.2, 0.25) is 18.1 Å². The largest absolute Gasteiger partial charge is 0.500 e. The molecule has 0 aliphatic rings. The van der Waals surface area contributed by atoms with Crippen molar-refractivity contribution in [2.75, 3.05) is 64.0 Å². The summed E-state index contributed by atoms with van der Waals surface area (Å²) >= 11 is 0. The summed E-state index contributed by atoms with van der Waals surface area (Å²) in [7, 11) is 7.23. The third kappa shape index (κ3) is 10.1. The molecule has 0 saturated carbocycles. The van der Waals surface area contributed by atoms with Crippen molar-refractivity contribution in [3.05, 3.63) is 0 Å². The normalized spacial score (nSPS) is 13.6. The van der Waals surface area contributed by atoms with Crippen LogP contribution >= 0.6 is 0 Å². The van der Waals surface area contributed by atoms with Gasteiger partial charge in [-0.25, -0.2) is 0 Å². The summed E-state index contributed by atoms with van der Waals surface area (Å²) < 4.78 is 50.7. The molecule has 0 unspecified atom stereocenters. The Kier molecular flexibility index (Phi) is 17.0. The summed E-state index contributed by atoms with van der Waals surface area (Å²) in [6, 6.07) is 2.37. The standard InChI is InChI=1S/C21H50O9Si3/c1-11-21(15-12-18-31(22-2,23-3)24-4,16-13-19-32(25-5,26-6)27-7)17-14-20-33(28-8,29-9)30-10/h11-20H2,1-10H3. The van der Waals surface area contributed by atoms with Gasteiger partial charge in [0.05, 0.1) is 0 Å². The highest BCUT2D eigenvalue weighted by atomic mass is 28.4. The highest BCUT2D eigenvalue weighted by molar-refractivity contribution is 6.61. The van der Waals surface area contributed by atoms with Crippen molar-refractivity contribution in [2.24, 2.45) is 5.41 Å². The Morgan fingerprint density at radius 2 is 0.636 bits per heavy atom. The van der Waals surface area contributed by atoms with Crippen LogP contribution in [0.15, 0.2) is 0 Å². The second kappa shape index (κ2) is 16.9. The average Bonchev–Trinajstić information content (AvgIpc) is 2.87. The molecule has 12 heteroatoms. The zero-order valence-electron chi connectivity index (χ0n) is 22.7. The minimum atomic E-state index is -2.59. The van der Waals surface area contributed by atoms with E-state index >= 15 is 0 Å². The monoisotopic (exact) mass is 530 g/mol. The van der Waals surface area contributed by atoms with Gasteiger partial charge in [0.1, 0.15) is 0 Å². The lowest BCUT2D eigenvalue weighted by Crippen LogP contribution is -2.43. The molecule has 0 rings (SSSR count). The first kappa shape index (κ1) is 33.3. The van der Waals surface area contributed by atoms with Crippen molar-refractivity contribution in [1.29, 1.82) is 0 Å². The fourth-order valence-electron chi connectivity index (χ4n) is 4.61. The molecule has 0 aromatic heterocycles. The Morgan fingerprint density at radius 3 is 0.788 bits per heavy atom. The molecule has 0 spiro atoms. The molecule has 0 aliphatic heterocycles. The summed E-state index contributed by atoms with van der Waals surface area (Å²) in [5, 5.41) is 0. The van der Waals surface area contributed by atoms with Crippen LogP contribution in [0.5, 0.6) is 0 Å². The predicted octanol–water partition coefficient (Wildman–Crippen LogP) is 4.36. The highest BCUT2D eigenvalue weighted by Gasteiger charge is 2.42. The van der Waals surface area contributed by atoms with Gasteiger partial charge in [-0.05, 0) is 43.9 Å². The van der Waals surface area contributed by atoms with E-state index in [2.05, 4.69) is 6.92 Å². The first-order chi connectivity index (χ1) is 15.7. The summed E-state index contributed by atoms with van der Waals surface area (Å²) in [5.41, 5.74) is 0.153. The van der Waals surface area contributed by atoms with Crippen LogP contribution < -0.4 is 0 Å². The van der Waals surface area contributed by atoms with Crippen molar-refractivity contribution >= 4 is 26.4 Å². The van der Waals surface area contributed by atoms with Crippen LogP contribution in [-0.4, -0.2) is 90.4 Å². The Hall–Kier alpha value is 0.291. The van der Waals surface area contributed by atoms with Crippen molar-refractivity contribution < 1.29 is 39.8 Å². The molecule has 0 bridgehead atoms. The minimum Gasteiger partial charge on any atom is -0.377 e. The maximum atomic E-state index is 5.63. The van der Waals surface area contributed by atoms with E-state index in [1.165, 1.54) is 0 Å². The molecule has 0 atom stereocenters. The molecule has 0 aliphatic carbocycles. The quantitative estimate of drug-likeness (QED) is 0.190. The topological polar surface area (TPSA) is 83.1 Å². The fraction of sp³-hybridized carbons (Fsp3) is 1.00. The van der Waals surface area contributed by atoms with Gasteiger partial charge in [-0.15, -0.1) is 0 Å². The summed E-state index contributed by atoms with van der Waals surface area (Å²) in [5.74, 6) is 0. The summed E-state index contributed by atoms with van der Waals surface area (Å²) in [4.78, 5) is 0. The Morgan fingerprint density at radius 1 is 0.424 bits per heavy atom.